The number of nitrogens with zero attached hydrogens (tertiary/aromatic N) is 3. The molecule has 1 aromatic heterocycles. The Bertz CT molecular complexity index is 689. The lowest BCUT2D eigenvalue weighted by Gasteiger charge is -2.32. The molecular formula is C17H24N4O4. The molecule has 0 bridgehead atoms. The van der Waals surface area contributed by atoms with Crippen LogP contribution in [0.15, 0.2) is 23.1 Å². The van der Waals surface area contributed by atoms with Crippen LogP contribution >= 0.6 is 0 Å². The summed E-state index contributed by atoms with van der Waals surface area (Å²) in [5.41, 5.74) is -0.616. The highest BCUT2D eigenvalue weighted by atomic mass is 16.6. The molecule has 0 aromatic carbocycles. The number of hydrogen-bond donors (Lipinski definition) is 1. The molecule has 0 radical (unpaired) electrons. The van der Waals surface area contributed by atoms with Crippen molar-refractivity contribution in [3.05, 3.63) is 28.7 Å². The highest BCUT2D eigenvalue weighted by Crippen LogP contribution is 2.33. The molecule has 4 rings (SSSR count). The molecule has 2 atom stereocenters. The van der Waals surface area contributed by atoms with Gasteiger partial charge in [-0.1, -0.05) is 0 Å². The number of nitrogens with one attached hydrogen (secondary N) is 1. The van der Waals surface area contributed by atoms with Crippen LogP contribution in [0.3, 0.4) is 0 Å². The van der Waals surface area contributed by atoms with Gasteiger partial charge in [-0.25, -0.2) is 9.48 Å². The molecule has 2 saturated heterocycles. The summed E-state index contributed by atoms with van der Waals surface area (Å²) >= 11 is 0. The van der Waals surface area contributed by atoms with E-state index in [-0.39, 0.29) is 17.7 Å². The minimum absolute atomic E-state index is 0.0274. The molecule has 3 heterocycles. The van der Waals surface area contributed by atoms with E-state index in [1.807, 2.05) is 0 Å². The van der Waals surface area contributed by atoms with Crippen molar-refractivity contribution in [2.45, 2.75) is 50.0 Å². The van der Waals surface area contributed by atoms with Crippen LogP contribution in [0.25, 0.3) is 0 Å². The van der Waals surface area contributed by atoms with Crippen LogP contribution in [0.1, 0.15) is 25.7 Å². The normalized spacial score (nSPS) is 29.6. The topological polar surface area (TPSA) is 85.7 Å². The lowest BCUT2D eigenvalue weighted by atomic mass is 10.0. The van der Waals surface area contributed by atoms with Gasteiger partial charge in [0.05, 0.1) is 32.4 Å². The number of hydrogen-bond acceptors (Lipinski definition) is 5. The Morgan fingerprint density at radius 1 is 1.40 bits per heavy atom. The molecule has 2 aliphatic heterocycles. The van der Waals surface area contributed by atoms with E-state index in [0.717, 1.165) is 25.7 Å². The van der Waals surface area contributed by atoms with Gasteiger partial charge in [0.15, 0.2) is 0 Å². The third-order valence-electron chi connectivity index (χ3n) is 5.04. The molecule has 2 amide bonds. The third kappa shape index (κ3) is 3.85. The average molecular weight is 348 g/mol. The number of carbonyl (C=O) groups is 1. The Morgan fingerprint density at radius 2 is 2.28 bits per heavy atom. The summed E-state index contributed by atoms with van der Waals surface area (Å²) in [5.74, 6) is 0. The van der Waals surface area contributed by atoms with Crippen LogP contribution < -0.4 is 10.9 Å². The Balaban J connectivity index is 1.41. The number of amides is 2. The molecule has 3 aliphatic rings. The van der Waals surface area contributed by atoms with Gasteiger partial charge in [-0.2, -0.15) is 5.10 Å². The predicted octanol–water partition coefficient (Wildman–Crippen LogP) is 0.365. The zero-order valence-electron chi connectivity index (χ0n) is 14.2. The molecule has 1 aliphatic carbocycles. The van der Waals surface area contributed by atoms with Gasteiger partial charge in [-0.15, -0.1) is 0 Å². The fraction of sp³-hybridized carbons (Fsp3) is 0.706. The average Bonchev–Trinajstić information content (AvgIpc) is 3.35. The second kappa shape index (κ2) is 6.76. The molecule has 1 N–H and O–H groups in total. The van der Waals surface area contributed by atoms with E-state index in [2.05, 4.69) is 10.4 Å². The highest BCUT2D eigenvalue weighted by Gasteiger charge is 2.44. The highest BCUT2D eigenvalue weighted by molar-refractivity contribution is 5.75. The maximum atomic E-state index is 12.4. The van der Waals surface area contributed by atoms with E-state index in [1.54, 1.807) is 17.2 Å². The van der Waals surface area contributed by atoms with Crippen molar-refractivity contribution in [2.24, 2.45) is 0 Å². The number of rotatable bonds is 3. The Kier molecular flexibility index (Phi) is 4.47. The van der Waals surface area contributed by atoms with Crippen LogP contribution in [0.5, 0.6) is 0 Å². The first-order valence-electron chi connectivity index (χ1n) is 8.97. The molecule has 8 heteroatoms. The van der Waals surface area contributed by atoms with Crippen molar-refractivity contribution in [3.63, 3.8) is 0 Å². The van der Waals surface area contributed by atoms with Crippen molar-refractivity contribution in [1.82, 2.24) is 20.0 Å². The van der Waals surface area contributed by atoms with Gasteiger partial charge in [0.25, 0.3) is 5.56 Å². The summed E-state index contributed by atoms with van der Waals surface area (Å²) in [6.45, 7) is 2.53. The van der Waals surface area contributed by atoms with Gasteiger partial charge in [0, 0.05) is 24.8 Å². The first kappa shape index (κ1) is 16.5. The van der Waals surface area contributed by atoms with E-state index >= 15 is 0 Å². The van der Waals surface area contributed by atoms with Gasteiger partial charge in [-0.3, -0.25) is 4.79 Å². The standard InChI is InChI=1S/C17H24N4O4/c22-15-2-1-7-18-21(15)10-14-5-6-17(25-14)11-20(8-9-24-12-17)16(23)19-13-3-4-13/h1-2,7,13-14H,3-6,8-12H2,(H,19,23)/t14-,17+/m1/s1. The maximum Gasteiger partial charge on any atom is 0.317 e. The van der Waals surface area contributed by atoms with E-state index < -0.39 is 5.60 Å². The zero-order valence-corrected chi connectivity index (χ0v) is 14.2. The van der Waals surface area contributed by atoms with Crippen LogP contribution in [0, 0.1) is 0 Å². The van der Waals surface area contributed by atoms with Gasteiger partial charge >= 0.3 is 6.03 Å². The van der Waals surface area contributed by atoms with E-state index in [9.17, 15) is 9.59 Å². The molecule has 3 fully saturated rings. The number of urea groups is 1. The number of aromatic nitrogens is 2. The van der Waals surface area contributed by atoms with Crippen molar-refractivity contribution in [1.29, 1.82) is 0 Å². The van der Waals surface area contributed by atoms with Gasteiger partial charge in [-0.05, 0) is 31.7 Å². The second-order valence-corrected chi connectivity index (χ2v) is 7.20. The fourth-order valence-electron chi connectivity index (χ4n) is 3.54. The van der Waals surface area contributed by atoms with Gasteiger partial charge in [0.2, 0.25) is 0 Å². The predicted molar refractivity (Wildman–Crippen MR) is 89.3 cm³/mol. The van der Waals surface area contributed by atoms with Crippen LogP contribution in [-0.2, 0) is 16.0 Å². The first-order valence-corrected chi connectivity index (χ1v) is 8.97. The molecule has 1 aromatic rings. The van der Waals surface area contributed by atoms with E-state index in [0.29, 0.717) is 38.9 Å². The SMILES string of the molecule is O=C(NC1CC1)N1CCOC[C@]2(CC[C@H](Cn3ncccc3=O)O2)C1. The molecule has 136 valence electrons. The summed E-state index contributed by atoms with van der Waals surface area (Å²) in [4.78, 5) is 26.1. The number of ether oxygens (including phenoxy) is 2. The molecule has 1 spiro atoms. The smallest absolute Gasteiger partial charge is 0.317 e. The van der Waals surface area contributed by atoms with Crippen LogP contribution in [-0.4, -0.2) is 64.8 Å². The third-order valence-corrected chi connectivity index (χ3v) is 5.04. The minimum atomic E-state index is -0.486. The van der Waals surface area contributed by atoms with Crippen molar-refractivity contribution < 1.29 is 14.3 Å². The van der Waals surface area contributed by atoms with Crippen LogP contribution in [0.4, 0.5) is 4.79 Å². The lowest BCUT2D eigenvalue weighted by molar-refractivity contribution is -0.0878. The lowest BCUT2D eigenvalue weighted by Crippen LogP contribution is -2.50. The van der Waals surface area contributed by atoms with Crippen molar-refractivity contribution >= 4 is 6.03 Å². The summed E-state index contributed by atoms with van der Waals surface area (Å²) in [6, 6.07) is 3.43. The van der Waals surface area contributed by atoms with E-state index in [1.165, 1.54) is 10.7 Å². The summed E-state index contributed by atoms with van der Waals surface area (Å²) in [5, 5.41) is 7.13. The first-order chi connectivity index (χ1) is 12.1. The Labute approximate surface area is 146 Å². The monoisotopic (exact) mass is 348 g/mol. The summed E-state index contributed by atoms with van der Waals surface area (Å²) in [6.07, 6.45) is 5.28. The maximum absolute atomic E-state index is 12.4. The Morgan fingerprint density at radius 3 is 3.08 bits per heavy atom. The molecule has 25 heavy (non-hydrogen) atoms. The minimum Gasteiger partial charge on any atom is -0.377 e. The Hall–Kier alpha value is -1.93. The number of carbonyl (C=O) groups excluding carboxylic acids is 1. The molecule has 0 unspecified atom stereocenters. The fourth-order valence-corrected chi connectivity index (χ4v) is 3.54. The van der Waals surface area contributed by atoms with Gasteiger partial charge < -0.3 is 19.7 Å². The van der Waals surface area contributed by atoms with Gasteiger partial charge in [0.1, 0.15) is 5.60 Å². The summed E-state index contributed by atoms with van der Waals surface area (Å²) in [7, 11) is 0. The second-order valence-electron chi connectivity index (χ2n) is 7.20. The molecular weight excluding hydrogens is 324 g/mol. The van der Waals surface area contributed by atoms with Crippen molar-refractivity contribution in [3.8, 4) is 0 Å². The largest absolute Gasteiger partial charge is 0.377 e. The van der Waals surface area contributed by atoms with Crippen molar-refractivity contribution in [2.75, 3.05) is 26.3 Å². The van der Waals surface area contributed by atoms with Crippen LogP contribution in [0.2, 0.25) is 0 Å². The summed E-state index contributed by atoms with van der Waals surface area (Å²) < 4.78 is 13.4. The quantitative estimate of drug-likeness (QED) is 0.853. The zero-order chi connectivity index (χ0) is 17.3. The van der Waals surface area contributed by atoms with E-state index in [4.69, 9.17) is 9.47 Å². The molecule has 1 saturated carbocycles. The molecule has 8 nitrogen and oxygen atoms in total.